The van der Waals surface area contributed by atoms with Crippen LogP contribution in [0.3, 0.4) is 0 Å². The summed E-state index contributed by atoms with van der Waals surface area (Å²) in [4.78, 5) is 0. The second-order valence-corrected chi connectivity index (χ2v) is 4.91. The quantitative estimate of drug-likeness (QED) is 0.735. The van der Waals surface area contributed by atoms with Gasteiger partial charge in [0.1, 0.15) is 11.3 Å². The van der Waals surface area contributed by atoms with Crippen molar-refractivity contribution in [3.05, 3.63) is 35.9 Å². The zero-order chi connectivity index (χ0) is 14.3. The average Bonchev–Trinajstić information content (AvgIpc) is 3.00. The van der Waals surface area contributed by atoms with Gasteiger partial charge in [-0.1, -0.05) is 6.92 Å². The van der Waals surface area contributed by atoms with Crippen molar-refractivity contribution < 1.29 is 4.74 Å². The van der Waals surface area contributed by atoms with Gasteiger partial charge in [0, 0.05) is 36.1 Å². The van der Waals surface area contributed by atoms with E-state index in [2.05, 4.69) is 17.1 Å². The van der Waals surface area contributed by atoms with Gasteiger partial charge in [-0.3, -0.25) is 4.68 Å². The first kappa shape index (κ1) is 12.7. The second-order valence-electron chi connectivity index (χ2n) is 4.91. The summed E-state index contributed by atoms with van der Waals surface area (Å²) in [5.41, 5.74) is 5.44. The molecule has 20 heavy (non-hydrogen) atoms. The maximum absolute atomic E-state index is 5.56. The first-order valence-corrected chi connectivity index (χ1v) is 6.69. The lowest BCUT2D eigenvalue weighted by Gasteiger charge is -2.07. The number of aromatic nitrogens is 4. The van der Waals surface area contributed by atoms with Crippen LogP contribution in [0.4, 0.5) is 0 Å². The first-order chi connectivity index (χ1) is 9.63. The Balaban J connectivity index is 2.27. The summed E-state index contributed by atoms with van der Waals surface area (Å²) < 4.78 is 9.27. The molecule has 104 valence electrons. The number of pyridine rings is 1. The largest absolute Gasteiger partial charge is 0.494 e. The van der Waals surface area contributed by atoms with Gasteiger partial charge in [0.15, 0.2) is 0 Å². The van der Waals surface area contributed by atoms with Crippen molar-refractivity contribution in [1.29, 1.82) is 0 Å². The molecule has 0 atom stereocenters. The molecule has 3 aromatic rings. The Morgan fingerprint density at radius 3 is 2.65 bits per heavy atom. The monoisotopic (exact) mass is 270 g/mol. The number of rotatable bonds is 3. The van der Waals surface area contributed by atoms with E-state index in [9.17, 15) is 0 Å². The van der Waals surface area contributed by atoms with Crippen LogP contribution in [-0.2, 0) is 13.5 Å². The average molecular weight is 270 g/mol. The maximum Gasteiger partial charge on any atom is 0.145 e. The lowest BCUT2D eigenvalue weighted by Crippen LogP contribution is -1.94. The Bertz CT molecular complexity index is 770. The Morgan fingerprint density at radius 1 is 1.25 bits per heavy atom. The summed E-state index contributed by atoms with van der Waals surface area (Å²) in [6.07, 6.45) is 6.80. The minimum absolute atomic E-state index is 0.851. The lowest BCUT2D eigenvalue weighted by atomic mass is 10.1. The predicted octanol–water partition coefficient (Wildman–Crippen LogP) is 2.61. The van der Waals surface area contributed by atoms with Gasteiger partial charge < -0.3 is 4.74 Å². The zero-order valence-electron chi connectivity index (χ0n) is 12.2. The fourth-order valence-electron chi connectivity index (χ4n) is 2.62. The topological polar surface area (TPSA) is 44.4 Å². The van der Waals surface area contributed by atoms with E-state index in [-0.39, 0.29) is 0 Å². The molecule has 3 heterocycles. The first-order valence-electron chi connectivity index (χ1n) is 6.69. The summed E-state index contributed by atoms with van der Waals surface area (Å²) >= 11 is 0. The molecule has 0 saturated heterocycles. The molecule has 0 aliphatic rings. The van der Waals surface area contributed by atoms with Crippen molar-refractivity contribution in [3.63, 3.8) is 0 Å². The summed E-state index contributed by atoms with van der Waals surface area (Å²) in [6.45, 7) is 4.17. The number of hydrogen-bond donors (Lipinski definition) is 0. The van der Waals surface area contributed by atoms with E-state index in [1.54, 1.807) is 11.8 Å². The molecule has 0 saturated carbocycles. The third kappa shape index (κ3) is 1.86. The molecule has 3 rings (SSSR count). The fourth-order valence-corrected chi connectivity index (χ4v) is 2.62. The Hall–Kier alpha value is -2.30. The summed E-state index contributed by atoms with van der Waals surface area (Å²) in [5, 5.41) is 8.81. The highest BCUT2D eigenvalue weighted by Crippen LogP contribution is 2.31. The molecule has 0 radical (unpaired) electrons. The number of hydrogen-bond acceptors (Lipinski definition) is 3. The number of nitrogens with zero attached hydrogens (tertiary/aromatic N) is 4. The van der Waals surface area contributed by atoms with E-state index in [0.29, 0.717) is 0 Å². The molecule has 3 aromatic heterocycles. The van der Waals surface area contributed by atoms with Crippen molar-refractivity contribution in [2.45, 2.75) is 20.3 Å². The number of aryl methyl sites for hydroxylation is 3. The van der Waals surface area contributed by atoms with Gasteiger partial charge in [-0.15, -0.1) is 0 Å². The zero-order valence-corrected chi connectivity index (χ0v) is 12.2. The van der Waals surface area contributed by atoms with E-state index in [0.717, 1.165) is 34.5 Å². The van der Waals surface area contributed by atoms with Crippen LogP contribution in [0.15, 0.2) is 24.7 Å². The van der Waals surface area contributed by atoms with E-state index in [4.69, 9.17) is 4.74 Å². The predicted molar refractivity (Wildman–Crippen MR) is 78.1 cm³/mol. The molecule has 0 aliphatic carbocycles. The molecule has 0 unspecified atom stereocenters. The van der Waals surface area contributed by atoms with Crippen LogP contribution in [0.2, 0.25) is 0 Å². The Morgan fingerprint density at radius 2 is 2.05 bits per heavy atom. The molecule has 0 aromatic carbocycles. The molecule has 5 heteroatoms. The van der Waals surface area contributed by atoms with Crippen LogP contribution in [0.5, 0.6) is 5.75 Å². The Kier molecular flexibility index (Phi) is 2.97. The number of fused-ring (bicyclic) bond motifs is 1. The van der Waals surface area contributed by atoms with Gasteiger partial charge in [0.25, 0.3) is 0 Å². The highest BCUT2D eigenvalue weighted by atomic mass is 16.5. The van der Waals surface area contributed by atoms with Crippen LogP contribution in [0.25, 0.3) is 16.6 Å². The van der Waals surface area contributed by atoms with Gasteiger partial charge in [0.05, 0.1) is 19.0 Å². The van der Waals surface area contributed by atoms with Gasteiger partial charge in [0.2, 0.25) is 0 Å². The molecular formula is C15H18N4O. The molecule has 0 spiro atoms. The maximum atomic E-state index is 5.56. The standard InChI is InChI=1S/C15H18N4O/c1-5-13-10(2)17-19-9-11(6-14(20-4)15(13)19)12-7-16-18(3)8-12/h6-9H,5H2,1-4H3. The normalized spacial score (nSPS) is 11.2. The number of ether oxygens (including phenoxy) is 1. The van der Waals surface area contributed by atoms with Gasteiger partial charge in [-0.05, 0) is 19.4 Å². The van der Waals surface area contributed by atoms with Crippen LogP contribution in [0, 0.1) is 6.92 Å². The lowest BCUT2D eigenvalue weighted by molar-refractivity contribution is 0.417. The van der Waals surface area contributed by atoms with Gasteiger partial charge in [-0.25, -0.2) is 4.52 Å². The second kappa shape index (κ2) is 4.67. The highest BCUT2D eigenvalue weighted by Gasteiger charge is 2.14. The minimum atomic E-state index is 0.851. The smallest absolute Gasteiger partial charge is 0.145 e. The highest BCUT2D eigenvalue weighted by molar-refractivity contribution is 5.73. The van der Waals surface area contributed by atoms with Crippen molar-refractivity contribution in [2.75, 3.05) is 7.11 Å². The Labute approximate surface area is 117 Å². The molecule has 5 nitrogen and oxygen atoms in total. The minimum Gasteiger partial charge on any atom is -0.494 e. The van der Waals surface area contributed by atoms with Crippen LogP contribution in [-0.4, -0.2) is 26.5 Å². The fraction of sp³-hybridized carbons (Fsp3) is 0.333. The van der Waals surface area contributed by atoms with Crippen LogP contribution >= 0.6 is 0 Å². The van der Waals surface area contributed by atoms with Gasteiger partial charge in [-0.2, -0.15) is 10.2 Å². The van der Waals surface area contributed by atoms with Crippen LogP contribution < -0.4 is 4.74 Å². The van der Waals surface area contributed by atoms with Crippen molar-refractivity contribution >= 4 is 5.52 Å². The molecule has 0 fully saturated rings. The van der Waals surface area contributed by atoms with E-state index >= 15 is 0 Å². The SMILES string of the molecule is CCc1c(C)nn2cc(-c3cnn(C)c3)cc(OC)c12. The van der Waals surface area contributed by atoms with E-state index in [1.165, 1.54) is 5.56 Å². The van der Waals surface area contributed by atoms with E-state index < -0.39 is 0 Å². The number of methoxy groups -OCH3 is 1. The summed E-state index contributed by atoms with van der Waals surface area (Å²) in [7, 11) is 3.61. The van der Waals surface area contributed by atoms with Crippen molar-refractivity contribution in [2.24, 2.45) is 7.05 Å². The van der Waals surface area contributed by atoms with Crippen molar-refractivity contribution in [1.82, 2.24) is 19.4 Å². The van der Waals surface area contributed by atoms with E-state index in [1.807, 2.05) is 43.1 Å². The molecule has 0 amide bonds. The van der Waals surface area contributed by atoms with Crippen LogP contribution in [0.1, 0.15) is 18.2 Å². The summed E-state index contributed by atoms with van der Waals surface area (Å²) in [5.74, 6) is 0.851. The molecule has 0 aliphatic heterocycles. The molecular weight excluding hydrogens is 252 g/mol. The third-order valence-electron chi connectivity index (χ3n) is 3.60. The van der Waals surface area contributed by atoms with Gasteiger partial charge >= 0.3 is 0 Å². The van der Waals surface area contributed by atoms with Crippen molar-refractivity contribution in [3.8, 4) is 16.9 Å². The molecule has 0 bridgehead atoms. The molecule has 0 N–H and O–H groups in total. The summed E-state index contributed by atoms with van der Waals surface area (Å²) in [6, 6.07) is 2.05. The third-order valence-corrected chi connectivity index (χ3v) is 3.60.